The number of anilines is 1. The zero-order chi connectivity index (χ0) is 34.1. The Hall–Kier alpha value is -5.87. The lowest BCUT2D eigenvalue weighted by atomic mass is 9.99. The van der Waals surface area contributed by atoms with Crippen LogP contribution in [0.15, 0.2) is 122 Å². The first-order valence-corrected chi connectivity index (χ1v) is 16.9. The minimum atomic E-state index is -0.374. The van der Waals surface area contributed by atoms with Crippen molar-refractivity contribution in [1.82, 2.24) is 20.2 Å². The summed E-state index contributed by atoms with van der Waals surface area (Å²) in [4.78, 5) is 32.0. The van der Waals surface area contributed by atoms with Gasteiger partial charge >= 0.3 is 0 Å². The summed E-state index contributed by atoms with van der Waals surface area (Å²) in [5, 5.41) is 12.5. The predicted octanol–water partition coefficient (Wildman–Crippen LogP) is 5.80. The van der Waals surface area contributed by atoms with Gasteiger partial charge in [0.05, 0.1) is 10.9 Å². The van der Waals surface area contributed by atoms with Crippen LogP contribution in [0.25, 0.3) is 10.8 Å². The van der Waals surface area contributed by atoms with Crippen molar-refractivity contribution in [2.24, 2.45) is 5.92 Å². The molecule has 6 aromatic rings. The monoisotopic (exact) mass is 667 g/mol. The molecule has 2 amide bonds. The fraction of sp³-hybridized carbons (Fsp3) is 0.225. The maximum Gasteiger partial charge on any atom is 0.272 e. The maximum absolute atomic E-state index is 13.9. The third kappa shape index (κ3) is 8.04. The summed E-state index contributed by atoms with van der Waals surface area (Å²) in [6, 6.07) is 34.9. The smallest absolute Gasteiger partial charge is 0.272 e. The number of carbonyl (C=O) groups is 2. The first kappa shape index (κ1) is 32.7. The number of rotatable bonds is 12. The van der Waals surface area contributed by atoms with Gasteiger partial charge in [-0.05, 0) is 52.8 Å². The van der Waals surface area contributed by atoms with Crippen LogP contribution in [0.5, 0.6) is 5.88 Å². The molecular weight excluding hydrogens is 628 g/mol. The second-order valence-corrected chi connectivity index (χ2v) is 12.4. The van der Waals surface area contributed by atoms with Crippen LogP contribution in [-0.4, -0.2) is 46.5 Å². The van der Waals surface area contributed by atoms with Crippen LogP contribution in [0.3, 0.4) is 0 Å². The molecule has 0 aliphatic carbocycles. The molecule has 0 bridgehead atoms. The van der Waals surface area contributed by atoms with E-state index in [-0.39, 0.29) is 17.5 Å². The van der Waals surface area contributed by atoms with E-state index in [1.165, 1.54) is 5.56 Å². The molecule has 0 atom stereocenters. The highest BCUT2D eigenvalue weighted by molar-refractivity contribution is 6.15. The Labute approximate surface area is 290 Å². The average molecular weight is 668 g/mol. The van der Waals surface area contributed by atoms with E-state index in [1.807, 2.05) is 107 Å². The van der Waals surface area contributed by atoms with Crippen molar-refractivity contribution >= 4 is 28.3 Å². The Morgan fingerprint density at radius 2 is 1.54 bits per heavy atom. The first-order chi connectivity index (χ1) is 24.6. The predicted molar refractivity (Wildman–Crippen MR) is 190 cm³/mol. The summed E-state index contributed by atoms with van der Waals surface area (Å²) in [7, 11) is 0. The molecule has 7 rings (SSSR count). The molecule has 1 fully saturated rings. The van der Waals surface area contributed by atoms with Crippen molar-refractivity contribution in [1.29, 1.82) is 0 Å². The minimum absolute atomic E-state index is 0.0967. The molecule has 252 valence electrons. The summed E-state index contributed by atoms with van der Waals surface area (Å²) < 4.78 is 15.2. The molecule has 10 nitrogen and oxygen atoms in total. The van der Waals surface area contributed by atoms with Crippen molar-refractivity contribution in [3.63, 3.8) is 0 Å². The number of fused-ring (bicyclic) bond motifs is 1. The Morgan fingerprint density at radius 1 is 0.820 bits per heavy atom. The summed E-state index contributed by atoms with van der Waals surface area (Å²) >= 11 is 0. The van der Waals surface area contributed by atoms with Crippen LogP contribution < -0.4 is 20.1 Å². The van der Waals surface area contributed by atoms with E-state index < -0.39 is 0 Å². The van der Waals surface area contributed by atoms with Gasteiger partial charge in [-0.1, -0.05) is 91.0 Å². The van der Waals surface area contributed by atoms with Crippen LogP contribution in [0.4, 0.5) is 5.69 Å². The van der Waals surface area contributed by atoms with Gasteiger partial charge in [0.25, 0.3) is 11.8 Å². The van der Waals surface area contributed by atoms with Gasteiger partial charge in [0, 0.05) is 37.0 Å². The number of hydrogen-bond acceptors (Lipinski definition) is 6. The van der Waals surface area contributed by atoms with Crippen LogP contribution in [-0.2, 0) is 24.4 Å². The van der Waals surface area contributed by atoms with Crippen LogP contribution in [0.2, 0.25) is 0 Å². The van der Waals surface area contributed by atoms with Crippen molar-refractivity contribution < 1.29 is 23.7 Å². The lowest BCUT2D eigenvalue weighted by Crippen LogP contribution is -2.36. The molecular formula is C40H39N6O4+. The fourth-order valence-electron chi connectivity index (χ4n) is 6.16. The molecule has 0 radical (unpaired) electrons. The summed E-state index contributed by atoms with van der Waals surface area (Å²) in [6.07, 6.45) is 5.68. The molecule has 2 aromatic heterocycles. The molecule has 1 saturated heterocycles. The normalized spacial score (nSPS) is 13.2. The van der Waals surface area contributed by atoms with E-state index in [9.17, 15) is 9.59 Å². The molecule has 50 heavy (non-hydrogen) atoms. The first-order valence-electron chi connectivity index (χ1n) is 16.9. The van der Waals surface area contributed by atoms with Gasteiger partial charge in [-0.3, -0.25) is 9.59 Å². The number of hydrogen-bond donors (Lipinski definition) is 2. The molecule has 0 saturated carbocycles. The molecule has 10 heteroatoms. The van der Waals surface area contributed by atoms with Gasteiger partial charge in [-0.2, -0.15) is 0 Å². The Morgan fingerprint density at radius 3 is 2.32 bits per heavy atom. The Bertz CT molecular complexity index is 2080. The number of amides is 2. The van der Waals surface area contributed by atoms with Crippen LogP contribution >= 0.6 is 0 Å². The van der Waals surface area contributed by atoms with Gasteiger partial charge in [0.1, 0.15) is 19.7 Å². The number of carbonyl (C=O) groups excluding carboxylic acids is 2. The van der Waals surface area contributed by atoms with Crippen molar-refractivity contribution in [3.05, 3.63) is 150 Å². The van der Waals surface area contributed by atoms with E-state index in [1.54, 1.807) is 12.1 Å². The standard InChI is InChI=1S/C40H38N6O4/c47-39(35-16-15-32(33-13-7-8-14-34(33)35)27-46-22-21-45(44-46)26-30-9-3-1-4-10-30)42-36-17-18-37(50-28-31-11-5-2-6-12-31)43-38(36)40(48)41-25-29-19-23-49-24-20-29/h1-18,21-22,29H,19-20,23-28H2,(H-,41,42,47,48)/p+1. The molecule has 3 heterocycles. The number of aromatic nitrogens is 4. The number of nitrogens with one attached hydrogen (secondary N) is 2. The van der Waals surface area contributed by atoms with Crippen molar-refractivity contribution in [2.45, 2.75) is 32.5 Å². The minimum Gasteiger partial charge on any atom is -0.473 e. The zero-order valence-corrected chi connectivity index (χ0v) is 27.7. The van der Waals surface area contributed by atoms with E-state index in [4.69, 9.17) is 14.7 Å². The molecule has 0 unspecified atom stereocenters. The second kappa shape index (κ2) is 15.6. The maximum atomic E-state index is 13.9. The Kier molecular flexibility index (Phi) is 10.2. The highest BCUT2D eigenvalue weighted by atomic mass is 16.5. The van der Waals surface area contributed by atoms with Gasteiger partial charge < -0.3 is 20.1 Å². The highest BCUT2D eigenvalue weighted by Gasteiger charge is 2.22. The van der Waals surface area contributed by atoms with E-state index in [0.29, 0.717) is 62.5 Å². The SMILES string of the molecule is O=C(NCC1CCOCC1)c1nc(OCc2ccccc2)ccc1NC(=O)c1ccc(Cn2cc[n+](Cc3ccccc3)n2)c2ccccc12. The molecule has 2 N–H and O–H groups in total. The summed E-state index contributed by atoms with van der Waals surface area (Å²) in [6.45, 7) is 3.39. The van der Waals surface area contributed by atoms with E-state index in [2.05, 4.69) is 27.8 Å². The van der Waals surface area contributed by atoms with E-state index in [0.717, 1.165) is 34.7 Å². The topological polar surface area (TPSA) is 111 Å². The van der Waals surface area contributed by atoms with Crippen molar-refractivity contribution in [3.8, 4) is 5.88 Å². The van der Waals surface area contributed by atoms with Crippen LogP contribution in [0.1, 0.15) is 50.4 Å². The number of benzene rings is 4. The Balaban J connectivity index is 1.11. The number of ether oxygens (including phenoxy) is 2. The summed E-state index contributed by atoms with van der Waals surface area (Å²) in [5.41, 5.74) is 4.07. The zero-order valence-electron chi connectivity index (χ0n) is 27.7. The van der Waals surface area contributed by atoms with Gasteiger partial charge in [0.15, 0.2) is 18.1 Å². The molecule has 0 spiro atoms. The van der Waals surface area contributed by atoms with Gasteiger partial charge in [-0.25, -0.2) is 4.98 Å². The summed E-state index contributed by atoms with van der Waals surface area (Å²) in [5.74, 6) is -0.0999. The lowest BCUT2D eigenvalue weighted by Gasteiger charge is -2.22. The second-order valence-electron chi connectivity index (χ2n) is 12.4. The van der Waals surface area contributed by atoms with Gasteiger partial charge in [0.2, 0.25) is 5.88 Å². The number of pyridine rings is 1. The quantitative estimate of drug-likeness (QED) is 0.160. The van der Waals surface area contributed by atoms with Crippen LogP contribution in [0, 0.1) is 5.92 Å². The van der Waals surface area contributed by atoms with Gasteiger partial charge in [-0.15, -0.1) is 9.36 Å². The molecule has 1 aliphatic rings. The van der Waals surface area contributed by atoms with E-state index >= 15 is 0 Å². The highest BCUT2D eigenvalue weighted by Crippen LogP contribution is 2.26. The number of nitrogens with zero attached hydrogens (tertiary/aromatic N) is 4. The third-order valence-corrected chi connectivity index (χ3v) is 8.87. The lowest BCUT2D eigenvalue weighted by molar-refractivity contribution is -0.747. The average Bonchev–Trinajstić information content (AvgIpc) is 3.61. The fourth-order valence-corrected chi connectivity index (χ4v) is 6.16. The molecule has 4 aromatic carbocycles. The largest absolute Gasteiger partial charge is 0.473 e. The third-order valence-electron chi connectivity index (χ3n) is 8.87. The van der Waals surface area contributed by atoms with Crippen molar-refractivity contribution in [2.75, 3.05) is 25.1 Å². The molecule has 1 aliphatic heterocycles.